The minimum absolute atomic E-state index is 0. The first-order valence-electron chi connectivity index (χ1n) is 9.18. The zero-order chi connectivity index (χ0) is 15.3. The highest BCUT2D eigenvalue weighted by molar-refractivity contribution is 14.0. The summed E-state index contributed by atoms with van der Waals surface area (Å²) in [5.41, 5.74) is 6.54. The van der Waals surface area contributed by atoms with E-state index in [1.807, 2.05) is 0 Å². The average Bonchev–Trinajstić information content (AvgIpc) is 2.62. The molecule has 0 aromatic rings. The quantitative estimate of drug-likeness (QED) is 0.420. The van der Waals surface area contributed by atoms with Crippen LogP contribution in [0.1, 0.15) is 51.4 Å². The zero-order valence-corrected chi connectivity index (χ0v) is 16.7. The third-order valence-electron chi connectivity index (χ3n) is 5.68. The number of piperidine rings is 1. The number of nitrogens with zero attached hydrogens (tertiary/aromatic N) is 3. The second-order valence-electron chi connectivity index (χ2n) is 7.11. The summed E-state index contributed by atoms with van der Waals surface area (Å²) in [5.74, 6) is 0.727. The number of nitrogens with two attached hydrogens (primary N) is 1. The van der Waals surface area contributed by atoms with Gasteiger partial charge in [-0.1, -0.05) is 25.7 Å². The number of hydrogen-bond acceptors (Lipinski definition) is 3. The Bertz CT molecular complexity index is 373. The summed E-state index contributed by atoms with van der Waals surface area (Å²) in [6.45, 7) is 6.70. The Morgan fingerprint density at radius 3 is 2.17 bits per heavy atom. The van der Waals surface area contributed by atoms with E-state index in [1.165, 1.54) is 64.5 Å². The van der Waals surface area contributed by atoms with Gasteiger partial charge in [-0.3, -0.25) is 9.89 Å². The third kappa shape index (κ3) is 4.95. The van der Waals surface area contributed by atoms with Crippen LogP contribution in [0.3, 0.4) is 0 Å². The van der Waals surface area contributed by atoms with Crippen LogP contribution in [0, 0.1) is 0 Å². The standard InChI is InChI=1S/C17H32N4O.HI/c18-16(20-11-13-22-14-12-20)19-15-17(7-3-1-4-8-17)21-9-5-2-6-10-21;/h1-15H2,(H2,18,19);1H. The number of halogens is 1. The SMILES string of the molecule is I.NC(=NCC1(N2CCCCC2)CCCCC1)N1CCOCC1. The molecule has 3 fully saturated rings. The topological polar surface area (TPSA) is 54.1 Å². The molecule has 3 rings (SSSR count). The van der Waals surface area contributed by atoms with E-state index >= 15 is 0 Å². The Morgan fingerprint density at radius 2 is 1.52 bits per heavy atom. The average molecular weight is 436 g/mol. The summed E-state index contributed by atoms with van der Waals surface area (Å²) in [6, 6.07) is 0. The van der Waals surface area contributed by atoms with Gasteiger partial charge in [-0.2, -0.15) is 0 Å². The second-order valence-corrected chi connectivity index (χ2v) is 7.11. The van der Waals surface area contributed by atoms with E-state index in [4.69, 9.17) is 15.5 Å². The van der Waals surface area contributed by atoms with E-state index in [0.29, 0.717) is 0 Å². The molecule has 0 atom stereocenters. The normalized spacial score (nSPS) is 26.6. The van der Waals surface area contributed by atoms with Gasteiger partial charge >= 0.3 is 0 Å². The summed E-state index contributed by atoms with van der Waals surface area (Å²) in [5, 5.41) is 0. The molecule has 0 aromatic heterocycles. The fraction of sp³-hybridized carbons (Fsp3) is 0.941. The molecule has 5 nitrogen and oxygen atoms in total. The number of ether oxygens (including phenoxy) is 1. The first-order chi connectivity index (χ1) is 10.8. The molecule has 0 aromatic carbocycles. The van der Waals surface area contributed by atoms with Crippen molar-refractivity contribution in [2.75, 3.05) is 45.9 Å². The second kappa shape index (κ2) is 9.42. The van der Waals surface area contributed by atoms with Gasteiger partial charge in [0, 0.05) is 18.6 Å². The maximum absolute atomic E-state index is 6.26. The van der Waals surface area contributed by atoms with Crippen LogP contribution in [-0.2, 0) is 4.74 Å². The summed E-state index contributed by atoms with van der Waals surface area (Å²) in [7, 11) is 0. The van der Waals surface area contributed by atoms with Crippen LogP contribution in [-0.4, -0.2) is 67.2 Å². The van der Waals surface area contributed by atoms with Crippen LogP contribution in [0.5, 0.6) is 0 Å². The lowest BCUT2D eigenvalue weighted by Gasteiger charge is -2.47. The van der Waals surface area contributed by atoms with Gasteiger partial charge in [-0.15, -0.1) is 24.0 Å². The highest BCUT2D eigenvalue weighted by atomic mass is 127. The molecule has 0 radical (unpaired) electrons. The van der Waals surface area contributed by atoms with Crippen molar-refractivity contribution >= 4 is 29.9 Å². The molecule has 23 heavy (non-hydrogen) atoms. The third-order valence-corrected chi connectivity index (χ3v) is 5.68. The molecule has 0 unspecified atom stereocenters. The summed E-state index contributed by atoms with van der Waals surface area (Å²) >= 11 is 0. The number of rotatable bonds is 3. The van der Waals surface area contributed by atoms with Crippen LogP contribution >= 0.6 is 24.0 Å². The molecule has 2 heterocycles. The maximum Gasteiger partial charge on any atom is 0.191 e. The predicted molar refractivity (Wildman–Crippen MR) is 106 cm³/mol. The molecule has 0 spiro atoms. The van der Waals surface area contributed by atoms with Gasteiger partial charge in [-0.25, -0.2) is 0 Å². The summed E-state index contributed by atoms with van der Waals surface area (Å²) < 4.78 is 5.40. The van der Waals surface area contributed by atoms with Gasteiger partial charge in [0.2, 0.25) is 0 Å². The van der Waals surface area contributed by atoms with E-state index in [-0.39, 0.29) is 29.5 Å². The van der Waals surface area contributed by atoms with Crippen LogP contribution in [0.2, 0.25) is 0 Å². The van der Waals surface area contributed by atoms with E-state index in [2.05, 4.69) is 9.80 Å². The van der Waals surface area contributed by atoms with E-state index < -0.39 is 0 Å². The van der Waals surface area contributed by atoms with Crippen LogP contribution in [0.25, 0.3) is 0 Å². The van der Waals surface area contributed by atoms with Crippen molar-refractivity contribution in [1.82, 2.24) is 9.80 Å². The van der Waals surface area contributed by atoms with Gasteiger partial charge in [0.05, 0.1) is 19.8 Å². The minimum Gasteiger partial charge on any atom is -0.378 e. The maximum atomic E-state index is 6.26. The van der Waals surface area contributed by atoms with Crippen molar-refractivity contribution in [3.63, 3.8) is 0 Å². The number of hydrogen-bond donors (Lipinski definition) is 1. The van der Waals surface area contributed by atoms with E-state index in [0.717, 1.165) is 38.8 Å². The summed E-state index contributed by atoms with van der Waals surface area (Å²) in [4.78, 5) is 9.76. The molecule has 1 saturated carbocycles. The van der Waals surface area contributed by atoms with Crippen molar-refractivity contribution in [1.29, 1.82) is 0 Å². The molecule has 2 aliphatic heterocycles. The van der Waals surface area contributed by atoms with Gasteiger partial charge in [0.25, 0.3) is 0 Å². The predicted octanol–water partition coefficient (Wildman–Crippen LogP) is 2.44. The first kappa shape index (κ1) is 19.2. The highest BCUT2D eigenvalue weighted by Crippen LogP contribution is 2.35. The van der Waals surface area contributed by atoms with Gasteiger partial charge in [0.15, 0.2) is 5.96 Å². The molecule has 134 valence electrons. The van der Waals surface area contributed by atoms with Crippen molar-refractivity contribution < 1.29 is 4.74 Å². The Labute approximate surface area is 158 Å². The smallest absolute Gasteiger partial charge is 0.191 e. The van der Waals surface area contributed by atoms with Crippen LogP contribution < -0.4 is 5.73 Å². The van der Waals surface area contributed by atoms with Crippen molar-refractivity contribution in [2.24, 2.45) is 10.7 Å². The molecule has 0 bridgehead atoms. The fourth-order valence-corrected chi connectivity index (χ4v) is 4.27. The molecule has 1 aliphatic carbocycles. The highest BCUT2D eigenvalue weighted by Gasteiger charge is 2.38. The molecule has 6 heteroatoms. The number of likely N-dealkylation sites (tertiary alicyclic amines) is 1. The number of morpholine rings is 1. The molecular weight excluding hydrogens is 403 g/mol. The van der Waals surface area contributed by atoms with Gasteiger partial charge in [0.1, 0.15) is 0 Å². The monoisotopic (exact) mass is 436 g/mol. The minimum atomic E-state index is 0. The van der Waals surface area contributed by atoms with Crippen molar-refractivity contribution in [3.05, 3.63) is 0 Å². The fourth-order valence-electron chi connectivity index (χ4n) is 4.27. The van der Waals surface area contributed by atoms with E-state index in [1.54, 1.807) is 0 Å². The van der Waals surface area contributed by atoms with Crippen LogP contribution in [0.4, 0.5) is 0 Å². The molecule has 0 amide bonds. The Hall–Kier alpha value is -0.0800. The van der Waals surface area contributed by atoms with Crippen LogP contribution in [0.15, 0.2) is 4.99 Å². The lowest BCUT2D eigenvalue weighted by Crippen LogP contribution is -2.55. The Morgan fingerprint density at radius 1 is 0.913 bits per heavy atom. The van der Waals surface area contributed by atoms with Gasteiger partial charge < -0.3 is 15.4 Å². The lowest BCUT2D eigenvalue weighted by atomic mass is 9.79. The summed E-state index contributed by atoms with van der Waals surface area (Å²) in [6.07, 6.45) is 10.8. The van der Waals surface area contributed by atoms with E-state index in [9.17, 15) is 0 Å². The van der Waals surface area contributed by atoms with Gasteiger partial charge in [-0.05, 0) is 38.8 Å². The largest absolute Gasteiger partial charge is 0.378 e. The lowest BCUT2D eigenvalue weighted by molar-refractivity contribution is 0.0399. The Kier molecular flexibility index (Phi) is 7.88. The molecular formula is C17H33IN4O. The van der Waals surface area contributed by atoms with Crippen molar-refractivity contribution in [3.8, 4) is 0 Å². The molecule has 3 aliphatic rings. The number of guanidine groups is 1. The van der Waals surface area contributed by atoms with Crippen molar-refractivity contribution in [2.45, 2.75) is 56.9 Å². The number of aliphatic imine (C=N–C) groups is 1. The Balaban J connectivity index is 0.00000192. The molecule has 2 N–H and O–H groups in total. The zero-order valence-electron chi connectivity index (χ0n) is 14.3. The first-order valence-corrected chi connectivity index (χ1v) is 9.18. The molecule has 2 saturated heterocycles.